The molecular weight excluding hydrogens is 300 g/mol. The zero-order chi connectivity index (χ0) is 16.8. The molecule has 22 heavy (non-hydrogen) atoms. The van der Waals surface area contributed by atoms with Crippen molar-refractivity contribution in [3.05, 3.63) is 0 Å². The molecule has 0 rings (SSSR count). The van der Waals surface area contributed by atoms with Crippen molar-refractivity contribution in [3.63, 3.8) is 0 Å². The number of amides is 2. The molecule has 0 aliphatic rings. The van der Waals surface area contributed by atoms with Crippen LogP contribution in [0.1, 0.15) is 59.8 Å². The van der Waals surface area contributed by atoms with Crippen LogP contribution in [0.25, 0.3) is 0 Å². The molecule has 2 amide bonds. The average molecular weight is 335 g/mol. The first kappa shape index (κ1) is 21.4. The van der Waals surface area contributed by atoms with Crippen LogP contribution in [0.2, 0.25) is 6.04 Å². The first-order valence-corrected chi connectivity index (χ1v) is 10.4. The molecule has 0 aliphatic carbocycles. The second kappa shape index (κ2) is 12.9. The zero-order valence-corrected chi connectivity index (χ0v) is 15.7. The van der Waals surface area contributed by atoms with Gasteiger partial charge in [0.1, 0.15) is 0 Å². The van der Waals surface area contributed by atoms with E-state index in [-0.39, 0.29) is 6.04 Å². The number of nitrogens with one attached hydrogen (secondary N) is 1. The minimum absolute atomic E-state index is 0.0530. The minimum Gasteiger partial charge on any atom is -0.374 e. The van der Waals surface area contributed by atoms with Crippen molar-refractivity contribution < 1.29 is 18.1 Å². The second-order valence-corrected chi connectivity index (χ2v) is 7.95. The van der Waals surface area contributed by atoms with Gasteiger partial charge >= 0.3 is 14.8 Å². The Hall–Kier alpha value is -0.633. The number of hydrogen-bond acceptors (Lipinski definition) is 4. The summed E-state index contributed by atoms with van der Waals surface area (Å²) in [5.41, 5.74) is 5.28. The number of rotatable bonds is 14. The SMILES string of the molecule is CCCCCC(CC[Si](OCC)(OCC)OCC)NC(N)=O. The molecule has 0 bridgehead atoms. The molecule has 0 fully saturated rings. The molecule has 3 N–H and O–H groups in total. The molecule has 132 valence electrons. The minimum atomic E-state index is -2.65. The summed E-state index contributed by atoms with van der Waals surface area (Å²) in [4.78, 5) is 11.2. The molecule has 1 atom stereocenters. The van der Waals surface area contributed by atoms with E-state index in [1.54, 1.807) is 0 Å². The maximum atomic E-state index is 11.2. The van der Waals surface area contributed by atoms with E-state index in [4.69, 9.17) is 19.0 Å². The van der Waals surface area contributed by atoms with Crippen molar-refractivity contribution >= 4 is 14.8 Å². The van der Waals surface area contributed by atoms with Gasteiger partial charge in [-0.3, -0.25) is 0 Å². The fraction of sp³-hybridized carbons (Fsp3) is 0.933. The molecule has 0 aliphatic heterocycles. The lowest BCUT2D eigenvalue weighted by Gasteiger charge is -2.30. The molecule has 1 unspecified atom stereocenters. The number of hydrogen-bond donors (Lipinski definition) is 2. The lowest BCUT2D eigenvalue weighted by molar-refractivity contribution is 0.0699. The summed E-state index contributed by atoms with van der Waals surface area (Å²) >= 11 is 0. The highest BCUT2D eigenvalue weighted by atomic mass is 28.4. The summed E-state index contributed by atoms with van der Waals surface area (Å²) in [6.45, 7) is 9.69. The van der Waals surface area contributed by atoms with E-state index in [9.17, 15) is 4.79 Å². The fourth-order valence-corrected chi connectivity index (χ4v) is 5.19. The van der Waals surface area contributed by atoms with Crippen LogP contribution < -0.4 is 11.1 Å². The number of carbonyl (C=O) groups excluding carboxylic acids is 1. The molecule has 7 heteroatoms. The van der Waals surface area contributed by atoms with Crippen LogP contribution in [0, 0.1) is 0 Å². The number of unbranched alkanes of at least 4 members (excludes halogenated alkanes) is 2. The first-order chi connectivity index (χ1) is 10.5. The average Bonchev–Trinajstić information content (AvgIpc) is 2.45. The van der Waals surface area contributed by atoms with E-state index in [2.05, 4.69) is 12.2 Å². The van der Waals surface area contributed by atoms with Gasteiger partial charge in [-0.25, -0.2) is 4.79 Å². The highest BCUT2D eigenvalue weighted by Crippen LogP contribution is 2.21. The molecule has 0 spiro atoms. The summed E-state index contributed by atoms with van der Waals surface area (Å²) in [6, 6.07) is 0.273. The van der Waals surface area contributed by atoms with Crippen molar-refractivity contribution in [1.82, 2.24) is 5.32 Å². The van der Waals surface area contributed by atoms with Crippen molar-refractivity contribution in [2.45, 2.75) is 71.9 Å². The van der Waals surface area contributed by atoms with Gasteiger partial charge in [0.2, 0.25) is 0 Å². The van der Waals surface area contributed by atoms with E-state index in [0.717, 1.165) is 32.1 Å². The topological polar surface area (TPSA) is 82.8 Å². The molecule has 0 saturated heterocycles. The van der Waals surface area contributed by atoms with Crippen LogP contribution in [-0.4, -0.2) is 40.7 Å². The van der Waals surface area contributed by atoms with Gasteiger partial charge in [-0.15, -0.1) is 0 Å². The molecule has 6 nitrogen and oxygen atoms in total. The third kappa shape index (κ3) is 9.40. The van der Waals surface area contributed by atoms with Crippen LogP contribution in [0.3, 0.4) is 0 Å². The first-order valence-electron chi connectivity index (χ1n) is 8.51. The summed E-state index contributed by atoms with van der Waals surface area (Å²) in [7, 11) is -2.65. The van der Waals surface area contributed by atoms with Gasteiger partial charge in [0.05, 0.1) is 0 Å². The molecule has 0 radical (unpaired) electrons. The second-order valence-electron chi connectivity index (χ2n) is 5.22. The Morgan fingerprint density at radius 1 is 1.00 bits per heavy atom. The van der Waals surface area contributed by atoms with Gasteiger partial charge in [-0.2, -0.15) is 0 Å². The van der Waals surface area contributed by atoms with E-state index in [0.29, 0.717) is 25.9 Å². The Balaban J connectivity index is 4.65. The fourth-order valence-electron chi connectivity index (χ4n) is 2.48. The highest BCUT2D eigenvalue weighted by molar-refractivity contribution is 6.60. The summed E-state index contributed by atoms with van der Waals surface area (Å²) in [5, 5.41) is 2.83. The van der Waals surface area contributed by atoms with Crippen molar-refractivity contribution in [2.75, 3.05) is 19.8 Å². The summed E-state index contributed by atoms with van der Waals surface area (Å²) in [5.74, 6) is 0. The van der Waals surface area contributed by atoms with Crippen molar-refractivity contribution in [3.8, 4) is 0 Å². The predicted octanol–water partition coefficient (Wildman–Crippen LogP) is 3.04. The number of primary amides is 1. The van der Waals surface area contributed by atoms with Gasteiger partial charge in [-0.05, 0) is 33.6 Å². The maximum Gasteiger partial charge on any atom is 0.501 e. The lowest BCUT2D eigenvalue weighted by Crippen LogP contribution is -2.48. The smallest absolute Gasteiger partial charge is 0.374 e. The molecule has 0 saturated carbocycles. The van der Waals surface area contributed by atoms with E-state index in [1.807, 2.05) is 20.8 Å². The van der Waals surface area contributed by atoms with Gasteiger partial charge in [0.15, 0.2) is 0 Å². The molecular formula is C15H34N2O4Si. The Bertz CT molecular complexity index is 276. The normalized spacial score (nSPS) is 13.1. The van der Waals surface area contributed by atoms with Crippen LogP contribution in [0.5, 0.6) is 0 Å². The van der Waals surface area contributed by atoms with E-state index < -0.39 is 14.8 Å². The van der Waals surface area contributed by atoms with Crippen molar-refractivity contribution in [2.24, 2.45) is 5.73 Å². The Morgan fingerprint density at radius 3 is 1.95 bits per heavy atom. The number of nitrogens with two attached hydrogens (primary N) is 1. The van der Waals surface area contributed by atoms with E-state index >= 15 is 0 Å². The molecule has 0 heterocycles. The third-order valence-electron chi connectivity index (χ3n) is 3.39. The maximum absolute atomic E-state index is 11.2. The predicted molar refractivity (Wildman–Crippen MR) is 90.7 cm³/mol. The standard InChI is InChI=1S/C15H34N2O4Si/c1-5-9-10-11-14(17-15(16)18)12-13-22(19-6-2,20-7-3)21-8-4/h14H,5-13H2,1-4H3,(H3,16,17,18). The Labute approximate surface area is 136 Å². The quantitative estimate of drug-likeness (QED) is 0.378. The van der Waals surface area contributed by atoms with Crippen LogP contribution in [0.4, 0.5) is 4.79 Å². The monoisotopic (exact) mass is 334 g/mol. The third-order valence-corrected chi connectivity index (χ3v) is 6.48. The largest absolute Gasteiger partial charge is 0.501 e. The number of carbonyl (C=O) groups is 1. The highest BCUT2D eigenvalue weighted by Gasteiger charge is 2.40. The van der Waals surface area contributed by atoms with Crippen LogP contribution >= 0.6 is 0 Å². The lowest BCUT2D eigenvalue weighted by atomic mass is 10.1. The van der Waals surface area contributed by atoms with Crippen LogP contribution in [0.15, 0.2) is 0 Å². The van der Waals surface area contributed by atoms with Crippen LogP contribution in [-0.2, 0) is 13.3 Å². The van der Waals surface area contributed by atoms with Crippen molar-refractivity contribution in [1.29, 1.82) is 0 Å². The molecule has 0 aromatic carbocycles. The zero-order valence-electron chi connectivity index (χ0n) is 14.7. The Morgan fingerprint density at radius 2 is 1.55 bits per heavy atom. The Kier molecular flexibility index (Phi) is 12.5. The van der Waals surface area contributed by atoms with Gasteiger partial charge in [-0.1, -0.05) is 26.2 Å². The van der Waals surface area contributed by atoms with Gasteiger partial charge in [0.25, 0.3) is 0 Å². The number of urea groups is 1. The summed E-state index contributed by atoms with van der Waals surface area (Å²) < 4.78 is 17.5. The molecule has 0 aromatic heterocycles. The van der Waals surface area contributed by atoms with Gasteiger partial charge in [0, 0.05) is 31.9 Å². The summed E-state index contributed by atoms with van der Waals surface area (Å²) in [6.07, 6.45) is 5.07. The van der Waals surface area contributed by atoms with Gasteiger partial charge < -0.3 is 24.3 Å². The van der Waals surface area contributed by atoms with E-state index in [1.165, 1.54) is 0 Å². The molecule has 0 aromatic rings.